The maximum absolute atomic E-state index is 3.52. The van der Waals surface area contributed by atoms with Crippen molar-refractivity contribution in [2.45, 2.75) is 46.7 Å². The topological polar surface area (TPSA) is 12.0 Å². The molecular formula is C20H27N. The van der Waals surface area contributed by atoms with Crippen LogP contribution in [0.2, 0.25) is 0 Å². The molecule has 0 fully saturated rings. The Morgan fingerprint density at radius 3 is 2.38 bits per heavy atom. The fraction of sp³-hybridized carbons (Fsp3) is 0.400. The molecular weight excluding hydrogens is 254 g/mol. The van der Waals surface area contributed by atoms with E-state index in [4.69, 9.17) is 0 Å². The molecule has 112 valence electrons. The molecule has 0 amide bonds. The smallest absolute Gasteiger partial charge is 0.0214 e. The summed E-state index contributed by atoms with van der Waals surface area (Å²) in [6.45, 7) is 9.83. The lowest BCUT2D eigenvalue weighted by molar-refractivity contribution is 0.589. The number of nitrogens with one attached hydrogen (secondary N) is 1. The van der Waals surface area contributed by atoms with E-state index < -0.39 is 0 Å². The highest BCUT2D eigenvalue weighted by atomic mass is 14.9. The van der Waals surface area contributed by atoms with Gasteiger partial charge in [0.2, 0.25) is 0 Å². The van der Waals surface area contributed by atoms with Crippen LogP contribution >= 0.6 is 0 Å². The summed E-state index contributed by atoms with van der Waals surface area (Å²) in [7, 11) is 0. The average molecular weight is 281 g/mol. The summed E-state index contributed by atoms with van der Waals surface area (Å²) in [4.78, 5) is 0. The lowest BCUT2D eigenvalue weighted by Crippen LogP contribution is -2.22. The number of hydrogen-bond acceptors (Lipinski definition) is 1. The molecule has 0 saturated heterocycles. The van der Waals surface area contributed by atoms with Crippen LogP contribution in [0.5, 0.6) is 0 Å². The third kappa shape index (κ3) is 4.71. The van der Waals surface area contributed by atoms with E-state index in [-0.39, 0.29) is 0 Å². The SMILES string of the molecule is CC(C)Cc1cccc(-c2ccccc2CNC(C)C)c1. The van der Waals surface area contributed by atoms with Crippen LogP contribution in [-0.2, 0) is 13.0 Å². The van der Waals surface area contributed by atoms with Crippen LogP contribution in [0.15, 0.2) is 48.5 Å². The zero-order valence-corrected chi connectivity index (χ0v) is 13.7. The van der Waals surface area contributed by atoms with Gasteiger partial charge in [0.05, 0.1) is 0 Å². The fourth-order valence-electron chi connectivity index (χ4n) is 2.61. The first-order valence-electron chi connectivity index (χ1n) is 7.97. The van der Waals surface area contributed by atoms with Gasteiger partial charge < -0.3 is 5.32 Å². The van der Waals surface area contributed by atoms with Crippen molar-refractivity contribution in [2.24, 2.45) is 5.92 Å². The van der Waals surface area contributed by atoms with E-state index >= 15 is 0 Å². The predicted molar refractivity (Wildman–Crippen MR) is 92.4 cm³/mol. The summed E-state index contributed by atoms with van der Waals surface area (Å²) in [6.07, 6.45) is 1.14. The third-order valence-electron chi connectivity index (χ3n) is 3.60. The molecule has 0 atom stereocenters. The molecule has 2 aromatic rings. The Kier molecular flexibility index (Phi) is 5.58. The van der Waals surface area contributed by atoms with Crippen molar-refractivity contribution in [1.82, 2.24) is 5.32 Å². The van der Waals surface area contributed by atoms with E-state index in [1.807, 2.05) is 0 Å². The number of hydrogen-bond donors (Lipinski definition) is 1. The van der Waals surface area contributed by atoms with Gasteiger partial charge in [-0.1, -0.05) is 76.2 Å². The summed E-state index contributed by atoms with van der Waals surface area (Å²) in [5.41, 5.74) is 5.47. The minimum atomic E-state index is 0.505. The lowest BCUT2D eigenvalue weighted by Gasteiger charge is -2.14. The van der Waals surface area contributed by atoms with Crippen LogP contribution in [-0.4, -0.2) is 6.04 Å². The van der Waals surface area contributed by atoms with Gasteiger partial charge in [-0.25, -0.2) is 0 Å². The van der Waals surface area contributed by atoms with Crippen LogP contribution in [0.4, 0.5) is 0 Å². The van der Waals surface area contributed by atoms with E-state index in [1.165, 1.54) is 22.3 Å². The van der Waals surface area contributed by atoms with Gasteiger partial charge in [0.15, 0.2) is 0 Å². The van der Waals surface area contributed by atoms with Gasteiger partial charge in [-0.2, -0.15) is 0 Å². The van der Waals surface area contributed by atoms with E-state index in [0.717, 1.165) is 13.0 Å². The maximum Gasteiger partial charge on any atom is 0.0214 e. The largest absolute Gasteiger partial charge is 0.310 e. The molecule has 0 aliphatic heterocycles. The second kappa shape index (κ2) is 7.42. The first-order chi connectivity index (χ1) is 10.1. The molecule has 0 unspecified atom stereocenters. The zero-order chi connectivity index (χ0) is 15.2. The Balaban J connectivity index is 2.28. The zero-order valence-electron chi connectivity index (χ0n) is 13.7. The summed E-state index contributed by atoms with van der Waals surface area (Å²) >= 11 is 0. The van der Waals surface area contributed by atoms with Crippen LogP contribution in [0, 0.1) is 5.92 Å². The molecule has 0 radical (unpaired) electrons. The Bertz CT molecular complexity index is 570. The Hall–Kier alpha value is -1.60. The molecule has 1 nitrogen and oxygen atoms in total. The standard InChI is InChI=1S/C20H27N/c1-15(2)12-17-8-7-10-18(13-17)20-11-6-5-9-19(20)14-21-16(3)4/h5-11,13,15-16,21H,12,14H2,1-4H3. The summed E-state index contributed by atoms with van der Waals surface area (Å²) in [5, 5.41) is 3.52. The van der Waals surface area contributed by atoms with Gasteiger partial charge in [-0.3, -0.25) is 0 Å². The van der Waals surface area contributed by atoms with Gasteiger partial charge in [0.1, 0.15) is 0 Å². The second-order valence-corrected chi connectivity index (χ2v) is 6.49. The van der Waals surface area contributed by atoms with Crippen molar-refractivity contribution in [1.29, 1.82) is 0 Å². The van der Waals surface area contributed by atoms with E-state index in [1.54, 1.807) is 0 Å². The molecule has 0 aliphatic carbocycles. The highest BCUT2D eigenvalue weighted by molar-refractivity contribution is 5.68. The molecule has 2 rings (SSSR count). The minimum Gasteiger partial charge on any atom is -0.310 e. The van der Waals surface area contributed by atoms with Gasteiger partial charge in [-0.05, 0) is 34.6 Å². The molecule has 0 aliphatic rings. The van der Waals surface area contributed by atoms with Crippen molar-refractivity contribution in [2.75, 3.05) is 0 Å². The van der Waals surface area contributed by atoms with Gasteiger partial charge in [0.25, 0.3) is 0 Å². The molecule has 0 aromatic heterocycles. The maximum atomic E-state index is 3.52. The normalized spacial score (nSPS) is 11.3. The minimum absolute atomic E-state index is 0.505. The van der Waals surface area contributed by atoms with Crippen LogP contribution in [0.1, 0.15) is 38.8 Å². The summed E-state index contributed by atoms with van der Waals surface area (Å²) < 4.78 is 0. The molecule has 1 N–H and O–H groups in total. The molecule has 0 spiro atoms. The van der Waals surface area contributed by atoms with Crippen molar-refractivity contribution in [3.8, 4) is 11.1 Å². The quantitative estimate of drug-likeness (QED) is 0.781. The van der Waals surface area contributed by atoms with Crippen LogP contribution in [0.25, 0.3) is 11.1 Å². The second-order valence-electron chi connectivity index (χ2n) is 6.49. The molecule has 1 heteroatoms. The van der Waals surface area contributed by atoms with Crippen LogP contribution in [0.3, 0.4) is 0 Å². The molecule has 0 saturated carbocycles. The van der Waals surface area contributed by atoms with Crippen molar-refractivity contribution in [3.05, 3.63) is 59.7 Å². The molecule has 0 bridgehead atoms. The van der Waals surface area contributed by atoms with E-state index in [2.05, 4.69) is 81.5 Å². The third-order valence-corrected chi connectivity index (χ3v) is 3.60. The highest BCUT2D eigenvalue weighted by Crippen LogP contribution is 2.25. The van der Waals surface area contributed by atoms with Gasteiger partial charge in [0, 0.05) is 12.6 Å². The molecule has 21 heavy (non-hydrogen) atoms. The predicted octanol–water partition coefficient (Wildman–Crippen LogP) is 5.05. The van der Waals surface area contributed by atoms with E-state index in [9.17, 15) is 0 Å². The highest BCUT2D eigenvalue weighted by Gasteiger charge is 2.06. The summed E-state index contributed by atoms with van der Waals surface area (Å²) in [6, 6.07) is 18.2. The molecule has 2 aromatic carbocycles. The Labute approximate surface area is 129 Å². The van der Waals surface area contributed by atoms with E-state index in [0.29, 0.717) is 12.0 Å². The van der Waals surface area contributed by atoms with Crippen LogP contribution < -0.4 is 5.32 Å². The first kappa shape index (κ1) is 15.8. The van der Waals surface area contributed by atoms with Crippen molar-refractivity contribution >= 4 is 0 Å². The Morgan fingerprint density at radius 2 is 1.67 bits per heavy atom. The molecule has 0 heterocycles. The van der Waals surface area contributed by atoms with Gasteiger partial charge >= 0.3 is 0 Å². The summed E-state index contributed by atoms with van der Waals surface area (Å²) in [5.74, 6) is 0.693. The number of rotatable bonds is 6. The van der Waals surface area contributed by atoms with Crippen molar-refractivity contribution < 1.29 is 0 Å². The van der Waals surface area contributed by atoms with Gasteiger partial charge in [-0.15, -0.1) is 0 Å². The number of benzene rings is 2. The first-order valence-corrected chi connectivity index (χ1v) is 7.97. The monoisotopic (exact) mass is 281 g/mol. The fourth-order valence-corrected chi connectivity index (χ4v) is 2.61. The lowest BCUT2D eigenvalue weighted by atomic mass is 9.95. The average Bonchev–Trinajstić information content (AvgIpc) is 2.45. The Morgan fingerprint density at radius 1 is 0.905 bits per heavy atom. The van der Waals surface area contributed by atoms with Crippen molar-refractivity contribution in [3.63, 3.8) is 0 Å².